The first-order valence-corrected chi connectivity index (χ1v) is 6.37. The second kappa shape index (κ2) is 5.73. The Hall–Kier alpha value is -2.05. The molecule has 1 aliphatic rings. The van der Waals surface area contributed by atoms with Gasteiger partial charge in [0.15, 0.2) is 0 Å². The average molecular weight is 265 g/mol. The number of nitrogens with one attached hydrogen (secondary N) is 1. The number of likely N-dealkylation sites (tertiary alicyclic amines) is 1. The molecule has 1 aromatic heterocycles. The van der Waals surface area contributed by atoms with Crippen LogP contribution in [-0.2, 0) is 16.1 Å². The minimum absolute atomic E-state index is 0.000772. The second-order valence-electron chi connectivity index (χ2n) is 4.76. The summed E-state index contributed by atoms with van der Waals surface area (Å²) in [5.74, 6) is -0.136. The lowest BCUT2D eigenvalue weighted by Gasteiger charge is -2.31. The summed E-state index contributed by atoms with van der Waals surface area (Å²) < 4.78 is 1.52. The predicted molar refractivity (Wildman–Crippen MR) is 70.0 cm³/mol. The van der Waals surface area contributed by atoms with Gasteiger partial charge in [-0.25, -0.2) is 0 Å². The molecule has 1 saturated heterocycles. The topological polar surface area (TPSA) is 93.2 Å². The fourth-order valence-corrected chi connectivity index (χ4v) is 2.33. The summed E-state index contributed by atoms with van der Waals surface area (Å²) in [6.45, 7) is 1.34. The maximum absolute atomic E-state index is 12.1. The largest absolute Gasteiger partial charge is 0.396 e. The molecule has 2 heterocycles. The van der Waals surface area contributed by atoms with Crippen molar-refractivity contribution in [1.29, 1.82) is 0 Å². The van der Waals surface area contributed by atoms with Crippen LogP contribution < -0.4 is 11.1 Å². The van der Waals surface area contributed by atoms with Crippen LogP contribution in [0.1, 0.15) is 12.8 Å². The van der Waals surface area contributed by atoms with Crippen molar-refractivity contribution in [1.82, 2.24) is 20.0 Å². The van der Waals surface area contributed by atoms with Crippen LogP contribution in [0.2, 0.25) is 0 Å². The molecule has 0 spiro atoms. The molecule has 7 heteroatoms. The third kappa shape index (κ3) is 3.24. The lowest BCUT2D eigenvalue weighted by molar-refractivity contribution is -0.136. The van der Waals surface area contributed by atoms with Crippen LogP contribution in [0.4, 0.5) is 5.69 Å². The molecule has 7 nitrogen and oxygen atoms in total. The molecule has 2 amide bonds. The van der Waals surface area contributed by atoms with Crippen molar-refractivity contribution in [3.05, 3.63) is 12.4 Å². The molecule has 0 radical (unpaired) electrons. The maximum Gasteiger partial charge on any atom is 0.244 e. The molecule has 1 aromatic rings. The molecule has 1 fully saturated rings. The SMILES string of the molecule is CNC(=O)C1CCCN(C(=O)Cn2cc(N)cn2)C1. The Morgan fingerprint density at radius 3 is 3.00 bits per heavy atom. The molecule has 0 saturated carbocycles. The molecular weight excluding hydrogens is 246 g/mol. The minimum atomic E-state index is -0.106. The highest BCUT2D eigenvalue weighted by atomic mass is 16.2. The van der Waals surface area contributed by atoms with Gasteiger partial charge in [0.1, 0.15) is 6.54 Å². The highest BCUT2D eigenvalue weighted by Crippen LogP contribution is 2.17. The third-order valence-electron chi connectivity index (χ3n) is 3.34. The van der Waals surface area contributed by atoms with E-state index in [0.717, 1.165) is 12.8 Å². The number of aromatic nitrogens is 2. The van der Waals surface area contributed by atoms with Gasteiger partial charge >= 0.3 is 0 Å². The zero-order valence-corrected chi connectivity index (χ0v) is 11.0. The summed E-state index contributed by atoms with van der Waals surface area (Å²) in [6.07, 6.45) is 4.82. The number of carbonyl (C=O) groups excluding carboxylic acids is 2. The summed E-state index contributed by atoms with van der Waals surface area (Å²) in [5.41, 5.74) is 6.09. The molecule has 19 heavy (non-hydrogen) atoms. The van der Waals surface area contributed by atoms with E-state index in [0.29, 0.717) is 18.8 Å². The van der Waals surface area contributed by atoms with E-state index in [1.165, 1.54) is 10.9 Å². The van der Waals surface area contributed by atoms with Gasteiger partial charge in [0, 0.05) is 26.3 Å². The highest BCUT2D eigenvalue weighted by Gasteiger charge is 2.27. The van der Waals surface area contributed by atoms with Crippen LogP contribution in [0, 0.1) is 5.92 Å². The van der Waals surface area contributed by atoms with E-state index < -0.39 is 0 Å². The standard InChI is InChI=1S/C12H19N5O2/c1-14-12(19)9-3-2-4-16(6-9)11(18)8-17-7-10(13)5-15-17/h5,7,9H,2-4,6,8,13H2,1H3,(H,14,19). The molecule has 0 aliphatic carbocycles. The first-order chi connectivity index (χ1) is 9.10. The molecule has 3 N–H and O–H groups in total. The number of amides is 2. The third-order valence-corrected chi connectivity index (χ3v) is 3.34. The number of hydrogen-bond acceptors (Lipinski definition) is 4. The van der Waals surface area contributed by atoms with Gasteiger partial charge in [-0.05, 0) is 12.8 Å². The monoisotopic (exact) mass is 265 g/mol. The van der Waals surface area contributed by atoms with Gasteiger partial charge in [-0.15, -0.1) is 0 Å². The summed E-state index contributed by atoms with van der Waals surface area (Å²) >= 11 is 0. The smallest absolute Gasteiger partial charge is 0.244 e. The van der Waals surface area contributed by atoms with Crippen LogP contribution in [-0.4, -0.2) is 46.6 Å². The molecule has 0 bridgehead atoms. The molecule has 1 aliphatic heterocycles. The molecule has 1 atom stereocenters. The Balaban J connectivity index is 1.93. The Kier molecular flexibility index (Phi) is 4.03. The summed E-state index contributed by atoms with van der Waals surface area (Å²) in [7, 11) is 1.62. The van der Waals surface area contributed by atoms with Gasteiger partial charge < -0.3 is 16.0 Å². The van der Waals surface area contributed by atoms with Gasteiger partial charge in [-0.3, -0.25) is 14.3 Å². The molecule has 2 rings (SSSR count). The Bertz CT molecular complexity index is 470. The average Bonchev–Trinajstić information content (AvgIpc) is 2.83. The van der Waals surface area contributed by atoms with Crippen molar-refractivity contribution in [2.45, 2.75) is 19.4 Å². The van der Waals surface area contributed by atoms with Crippen LogP contribution in [0.25, 0.3) is 0 Å². The maximum atomic E-state index is 12.1. The van der Waals surface area contributed by atoms with Crippen molar-refractivity contribution in [3.63, 3.8) is 0 Å². The first-order valence-electron chi connectivity index (χ1n) is 6.37. The molecular formula is C12H19N5O2. The van der Waals surface area contributed by atoms with Gasteiger partial charge in [0.05, 0.1) is 17.8 Å². The number of anilines is 1. The van der Waals surface area contributed by atoms with Crippen molar-refractivity contribution in [2.24, 2.45) is 5.92 Å². The lowest BCUT2D eigenvalue weighted by Crippen LogP contribution is -2.45. The zero-order valence-electron chi connectivity index (χ0n) is 11.0. The quantitative estimate of drug-likeness (QED) is 0.767. The summed E-state index contributed by atoms with van der Waals surface area (Å²) in [4.78, 5) is 25.5. The van der Waals surface area contributed by atoms with Gasteiger partial charge in [-0.2, -0.15) is 5.10 Å². The van der Waals surface area contributed by atoms with Crippen LogP contribution >= 0.6 is 0 Å². The van der Waals surface area contributed by atoms with Crippen molar-refractivity contribution in [3.8, 4) is 0 Å². The zero-order chi connectivity index (χ0) is 13.8. The van der Waals surface area contributed by atoms with Crippen molar-refractivity contribution >= 4 is 17.5 Å². The number of nitrogens with two attached hydrogens (primary N) is 1. The van der Waals surface area contributed by atoms with Gasteiger partial charge in [-0.1, -0.05) is 0 Å². The summed E-state index contributed by atoms with van der Waals surface area (Å²) in [6, 6.07) is 0. The van der Waals surface area contributed by atoms with E-state index in [2.05, 4.69) is 10.4 Å². The Labute approximate surface area is 111 Å². The van der Waals surface area contributed by atoms with E-state index in [-0.39, 0.29) is 24.3 Å². The van der Waals surface area contributed by atoms with E-state index >= 15 is 0 Å². The number of nitrogens with zero attached hydrogens (tertiary/aromatic N) is 3. The van der Waals surface area contributed by atoms with E-state index in [1.54, 1.807) is 18.1 Å². The fraction of sp³-hybridized carbons (Fsp3) is 0.583. The number of piperidine rings is 1. The predicted octanol–water partition coefficient (Wildman–Crippen LogP) is -0.550. The first kappa shape index (κ1) is 13.4. The Morgan fingerprint density at radius 1 is 1.58 bits per heavy atom. The van der Waals surface area contributed by atoms with E-state index in [1.807, 2.05) is 0 Å². The number of carbonyl (C=O) groups is 2. The van der Waals surface area contributed by atoms with Gasteiger partial charge in [0.2, 0.25) is 11.8 Å². The molecule has 0 aromatic carbocycles. The van der Waals surface area contributed by atoms with E-state index in [4.69, 9.17) is 5.73 Å². The normalized spacial score (nSPS) is 19.2. The molecule has 1 unspecified atom stereocenters. The second-order valence-corrected chi connectivity index (χ2v) is 4.76. The van der Waals surface area contributed by atoms with Crippen molar-refractivity contribution < 1.29 is 9.59 Å². The van der Waals surface area contributed by atoms with Crippen molar-refractivity contribution in [2.75, 3.05) is 25.9 Å². The van der Waals surface area contributed by atoms with E-state index in [9.17, 15) is 9.59 Å². The number of nitrogen functional groups attached to an aromatic ring is 1. The van der Waals surface area contributed by atoms with Crippen LogP contribution in [0.3, 0.4) is 0 Å². The number of rotatable bonds is 3. The Morgan fingerprint density at radius 2 is 2.37 bits per heavy atom. The minimum Gasteiger partial charge on any atom is -0.396 e. The highest BCUT2D eigenvalue weighted by molar-refractivity contribution is 5.81. The van der Waals surface area contributed by atoms with Crippen LogP contribution in [0.5, 0.6) is 0 Å². The summed E-state index contributed by atoms with van der Waals surface area (Å²) in [5, 5.41) is 6.62. The molecule has 104 valence electrons. The van der Waals surface area contributed by atoms with Gasteiger partial charge in [0.25, 0.3) is 0 Å². The van der Waals surface area contributed by atoms with Crippen LogP contribution in [0.15, 0.2) is 12.4 Å². The number of hydrogen-bond donors (Lipinski definition) is 2. The lowest BCUT2D eigenvalue weighted by atomic mass is 9.97. The fourth-order valence-electron chi connectivity index (χ4n) is 2.33.